The van der Waals surface area contributed by atoms with Crippen LogP contribution in [-0.2, 0) is 5.41 Å². The molecule has 0 unspecified atom stereocenters. The maximum atomic E-state index is 5.40. The quantitative estimate of drug-likeness (QED) is 0.816. The topological polar surface area (TPSA) is 21.3 Å². The summed E-state index contributed by atoms with van der Waals surface area (Å²) < 4.78 is 5.40. The van der Waals surface area contributed by atoms with Gasteiger partial charge in [0.1, 0.15) is 5.75 Å². The van der Waals surface area contributed by atoms with E-state index in [1.165, 1.54) is 30.5 Å². The van der Waals surface area contributed by atoms with E-state index in [0.29, 0.717) is 6.04 Å². The maximum absolute atomic E-state index is 5.40. The predicted molar refractivity (Wildman–Crippen MR) is 79.9 cm³/mol. The van der Waals surface area contributed by atoms with Gasteiger partial charge in [0.05, 0.1) is 7.11 Å². The van der Waals surface area contributed by atoms with Crippen molar-refractivity contribution < 1.29 is 4.74 Å². The van der Waals surface area contributed by atoms with Gasteiger partial charge in [-0.25, -0.2) is 0 Å². The molecule has 1 aromatic carbocycles. The highest BCUT2D eigenvalue weighted by Crippen LogP contribution is 2.49. The minimum absolute atomic E-state index is 0.236. The summed E-state index contributed by atoms with van der Waals surface area (Å²) in [5.41, 5.74) is 2.96. The first-order valence-electron chi connectivity index (χ1n) is 7.47. The Kier molecular flexibility index (Phi) is 2.99. The standard InChI is InChI=1S/C17H25NO/c1-11-5-7-13-16(9-11)18-15-8-6-12(19-4)10-14(15)17(13,2)3/h6,8,10-11,13,16,18H,5,7,9H2,1-4H3/t11-,13-,16-/m0/s1. The van der Waals surface area contributed by atoms with Gasteiger partial charge >= 0.3 is 0 Å². The minimum Gasteiger partial charge on any atom is -0.497 e. The first-order chi connectivity index (χ1) is 9.02. The minimum atomic E-state index is 0.236. The van der Waals surface area contributed by atoms with Crippen LogP contribution in [0, 0.1) is 11.8 Å². The zero-order chi connectivity index (χ0) is 13.6. The summed E-state index contributed by atoms with van der Waals surface area (Å²) in [5, 5.41) is 3.78. The van der Waals surface area contributed by atoms with Crippen LogP contribution >= 0.6 is 0 Å². The molecule has 0 amide bonds. The monoisotopic (exact) mass is 259 g/mol. The molecule has 1 aliphatic heterocycles. The summed E-state index contributed by atoms with van der Waals surface area (Å²) in [6, 6.07) is 7.11. The summed E-state index contributed by atoms with van der Waals surface area (Å²) >= 11 is 0. The molecule has 19 heavy (non-hydrogen) atoms. The summed E-state index contributed by atoms with van der Waals surface area (Å²) in [5.74, 6) is 2.56. The third-order valence-electron chi connectivity index (χ3n) is 5.30. The lowest BCUT2D eigenvalue weighted by Gasteiger charge is -2.49. The van der Waals surface area contributed by atoms with Crippen molar-refractivity contribution in [3.63, 3.8) is 0 Å². The molecule has 1 saturated carbocycles. The van der Waals surface area contributed by atoms with E-state index in [2.05, 4.69) is 44.3 Å². The van der Waals surface area contributed by atoms with Crippen LogP contribution in [0.3, 0.4) is 0 Å². The molecule has 3 rings (SSSR count). The number of fused-ring (bicyclic) bond motifs is 2. The van der Waals surface area contributed by atoms with Gasteiger partial charge in [0.25, 0.3) is 0 Å². The Morgan fingerprint density at radius 3 is 2.79 bits per heavy atom. The first-order valence-corrected chi connectivity index (χ1v) is 7.47. The Balaban J connectivity index is 2.02. The van der Waals surface area contributed by atoms with Gasteiger partial charge < -0.3 is 10.1 Å². The van der Waals surface area contributed by atoms with E-state index in [0.717, 1.165) is 17.6 Å². The van der Waals surface area contributed by atoms with E-state index in [1.807, 2.05) is 0 Å². The van der Waals surface area contributed by atoms with E-state index < -0.39 is 0 Å². The fourth-order valence-corrected chi connectivity index (χ4v) is 4.11. The highest BCUT2D eigenvalue weighted by molar-refractivity contribution is 5.60. The molecule has 1 aromatic rings. The van der Waals surface area contributed by atoms with Crippen LogP contribution < -0.4 is 10.1 Å². The van der Waals surface area contributed by atoms with Crippen molar-refractivity contribution in [3.05, 3.63) is 23.8 Å². The lowest BCUT2D eigenvalue weighted by Crippen LogP contribution is -2.48. The molecule has 1 heterocycles. The Labute approximate surface area is 116 Å². The first kappa shape index (κ1) is 12.8. The van der Waals surface area contributed by atoms with E-state index in [9.17, 15) is 0 Å². The molecule has 2 heteroatoms. The SMILES string of the molecule is COc1ccc2c(c1)C(C)(C)[C@H]1CC[C@H](C)C[C@@H]1N2. The number of ether oxygens (including phenoxy) is 1. The van der Waals surface area contributed by atoms with Crippen molar-refractivity contribution in [1.82, 2.24) is 0 Å². The van der Waals surface area contributed by atoms with Crippen LogP contribution in [0.15, 0.2) is 18.2 Å². The third kappa shape index (κ3) is 2.01. The van der Waals surface area contributed by atoms with Gasteiger partial charge in [-0.3, -0.25) is 0 Å². The Hall–Kier alpha value is -1.18. The second-order valence-corrected chi connectivity index (χ2v) is 6.91. The van der Waals surface area contributed by atoms with Gasteiger partial charge in [-0.1, -0.05) is 27.2 Å². The van der Waals surface area contributed by atoms with Gasteiger partial charge in [0, 0.05) is 11.7 Å². The van der Waals surface area contributed by atoms with Crippen LogP contribution in [-0.4, -0.2) is 13.2 Å². The van der Waals surface area contributed by atoms with Crippen LogP contribution in [0.25, 0.3) is 0 Å². The average molecular weight is 259 g/mol. The third-order valence-corrected chi connectivity index (χ3v) is 5.30. The molecule has 1 aliphatic carbocycles. The number of hydrogen-bond acceptors (Lipinski definition) is 2. The Morgan fingerprint density at radius 2 is 2.05 bits per heavy atom. The fourth-order valence-electron chi connectivity index (χ4n) is 4.11. The van der Waals surface area contributed by atoms with Crippen molar-refractivity contribution in [2.24, 2.45) is 11.8 Å². The molecule has 1 fully saturated rings. The normalized spacial score (nSPS) is 31.9. The highest BCUT2D eigenvalue weighted by Gasteiger charge is 2.44. The molecule has 0 radical (unpaired) electrons. The maximum Gasteiger partial charge on any atom is 0.119 e. The number of rotatable bonds is 1. The van der Waals surface area contributed by atoms with Gasteiger partial charge in [-0.2, -0.15) is 0 Å². The van der Waals surface area contributed by atoms with Crippen LogP contribution in [0.2, 0.25) is 0 Å². The van der Waals surface area contributed by atoms with Gasteiger partial charge in [0.2, 0.25) is 0 Å². The Morgan fingerprint density at radius 1 is 1.26 bits per heavy atom. The molecule has 104 valence electrons. The van der Waals surface area contributed by atoms with Crippen LogP contribution in [0.4, 0.5) is 5.69 Å². The zero-order valence-corrected chi connectivity index (χ0v) is 12.5. The highest BCUT2D eigenvalue weighted by atomic mass is 16.5. The molecule has 0 spiro atoms. The lowest BCUT2D eigenvalue weighted by atomic mass is 9.61. The molecular formula is C17H25NO. The predicted octanol–water partition coefficient (Wildman–Crippen LogP) is 4.20. The molecule has 0 saturated heterocycles. The van der Waals surface area contributed by atoms with Crippen molar-refractivity contribution in [3.8, 4) is 5.75 Å². The molecule has 0 bridgehead atoms. The number of anilines is 1. The van der Waals surface area contributed by atoms with Gasteiger partial charge in [-0.05, 0) is 53.9 Å². The molecule has 2 aliphatic rings. The fraction of sp³-hybridized carbons (Fsp3) is 0.647. The number of nitrogens with one attached hydrogen (secondary N) is 1. The number of hydrogen-bond donors (Lipinski definition) is 1. The summed E-state index contributed by atoms with van der Waals surface area (Å²) in [6.07, 6.45) is 4.01. The van der Waals surface area contributed by atoms with Crippen LogP contribution in [0.1, 0.15) is 45.6 Å². The molecule has 2 nitrogen and oxygen atoms in total. The zero-order valence-electron chi connectivity index (χ0n) is 12.5. The molecule has 1 N–H and O–H groups in total. The smallest absolute Gasteiger partial charge is 0.119 e. The van der Waals surface area contributed by atoms with Crippen LogP contribution in [0.5, 0.6) is 5.75 Å². The largest absolute Gasteiger partial charge is 0.497 e. The molecule has 0 aromatic heterocycles. The van der Waals surface area contributed by atoms with Crippen molar-refractivity contribution in [2.75, 3.05) is 12.4 Å². The summed E-state index contributed by atoms with van der Waals surface area (Å²) in [6.45, 7) is 7.19. The average Bonchev–Trinajstić information content (AvgIpc) is 2.38. The van der Waals surface area contributed by atoms with E-state index in [-0.39, 0.29) is 5.41 Å². The Bertz CT molecular complexity index is 480. The summed E-state index contributed by atoms with van der Waals surface area (Å²) in [7, 11) is 1.75. The lowest BCUT2D eigenvalue weighted by molar-refractivity contribution is 0.173. The molecule has 3 atom stereocenters. The second-order valence-electron chi connectivity index (χ2n) is 6.91. The van der Waals surface area contributed by atoms with E-state index in [1.54, 1.807) is 7.11 Å². The number of methoxy groups -OCH3 is 1. The molecular weight excluding hydrogens is 234 g/mol. The van der Waals surface area contributed by atoms with Crippen molar-refractivity contribution in [1.29, 1.82) is 0 Å². The second kappa shape index (κ2) is 4.43. The van der Waals surface area contributed by atoms with E-state index in [4.69, 9.17) is 4.74 Å². The summed E-state index contributed by atoms with van der Waals surface area (Å²) in [4.78, 5) is 0. The van der Waals surface area contributed by atoms with Crippen molar-refractivity contribution >= 4 is 5.69 Å². The number of benzene rings is 1. The van der Waals surface area contributed by atoms with E-state index >= 15 is 0 Å². The van der Waals surface area contributed by atoms with Gasteiger partial charge in [-0.15, -0.1) is 0 Å². The van der Waals surface area contributed by atoms with Crippen molar-refractivity contribution in [2.45, 2.75) is 51.5 Å². The van der Waals surface area contributed by atoms with Gasteiger partial charge in [0.15, 0.2) is 0 Å².